The Balaban J connectivity index is 1.45. The summed E-state index contributed by atoms with van der Waals surface area (Å²) in [7, 11) is 1.57. The zero-order valence-corrected chi connectivity index (χ0v) is 18.9. The van der Waals surface area contributed by atoms with Crippen molar-refractivity contribution in [3.8, 4) is 11.8 Å². The molecule has 3 heterocycles. The van der Waals surface area contributed by atoms with Gasteiger partial charge in [0.05, 0.1) is 22.7 Å². The van der Waals surface area contributed by atoms with Crippen molar-refractivity contribution in [2.45, 2.75) is 44.0 Å². The smallest absolute Gasteiger partial charge is 0.365 e. The lowest BCUT2D eigenvalue weighted by Gasteiger charge is -2.31. The van der Waals surface area contributed by atoms with E-state index in [4.69, 9.17) is 4.74 Å². The van der Waals surface area contributed by atoms with Crippen LogP contribution < -0.4 is 11.0 Å². The molecule has 2 aliphatic heterocycles. The first-order chi connectivity index (χ1) is 16.6. The molecule has 2 aliphatic rings. The maximum atomic E-state index is 12.9. The average molecular weight is 492 g/mol. The van der Waals surface area contributed by atoms with Gasteiger partial charge in [0.15, 0.2) is 0 Å². The predicted molar refractivity (Wildman–Crippen MR) is 117 cm³/mol. The van der Waals surface area contributed by atoms with Crippen molar-refractivity contribution in [3.05, 3.63) is 34.2 Å². The molecule has 12 heteroatoms. The number of nitrogens with one attached hydrogen (secondary N) is 1. The first kappa shape index (κ1) is 24.5. The lowest BCUT2D eigenvalue weighted by Crippen LogP contribution is -2.46. The van der Waals surface area contributed by atoms with Gasteiger partial charge in [-0.2, -0.15) is 13.2 Å². The van der Waals surface area contributed by atoms with Gasteiger partial charge in [-0.05, 0) is 31.4 Å². The Kier molecular flexibility index (Phi) is 6.71. The van der Waals surface area contributed by atoms with Gasteiger partial charge in [0, 0.05) is 26.6 Å². The van der Waals surface area contributed by atoms with E-state index in [1.54, 1.807) is 25.2 Å². The van der Waals surface area contributed by atoms with E-state index in [1.807, 2.05) is 0 Å². The Hall–Kier alpha value is -3.59. The Bertz CT molecular complexity index is 1290. The van der Waals surface area contributed by atoms with Gasteiger partial charge >= 0.3 is 17.8 Å². The minimum atomic E-state index is -4.88. The van der Waals surface area contributed by atoms with Crippen molar-refractivity contribution < 1.29 is 32.3 Å². The van der Waals surface area contributed by atoms with Crippen molar-refractivity contribution in [2.24, 2.45) is 7.05 Å². The molecule has 186 valence electrons. The number of carbonyl (C=O) groups is 3. The molecule has 0 bridgehead atoms. The fourth-order valence-corrected chi connectivity index (χ4v) is 4.46. The van der Waals surface area contributed by atoms with E-state index in [1.165, 1.54) is 9.13 Å². The average Bonchev–Trinajstić information content (AvgIpc) is 3.07. The van der Waals surface area contributed by atoms with Gasteiger partial charge in [0.2, 0.25) is 11.8 Å². The number of aryl methyl sites for hydroxylation is 1. The van der Waals surface area contributed by atoms with Gasteiger partial charge < -0.3 is 9.64 Å². The molecule has 1 aromatic carbocycles. The third kappa shape index (κ3) is 4.95. The van der Waals surface area contributed by atoms with Gasteiger partial charge in [0.1, 0.15) is 12.6 Å². The maximum absolute atomic E-state index is 12.9. The Morgan fingerprint density at radius 1 is 1.17 bits per heavy atom. The number of aromatic nitrogens is 2. The molecule has 2 aromatic rings. The minimum absolute atomic E-state index is 0.0239. The van der Waals surface area contributed by atoms with E-state index >= 15 is 0 Å². The molecule has 1 atom stereocenters. The van der Waals surface area contributed by atoms with E-state index in [9.17, 15) is 32.3 Å². The number of imide groups is 1. The molecule has 2 fully saturated rings. The number of hydrogen-bond donors (Lipinski definition) is 1. The van der Waals surface area contributed by atoms with E-state index in [2.05, 4.69) is 17.2 Å². The Morgan fingerprint density at radius 3 is 2.54 bits per heavy atom. The number of carbonyl (C=O) groups excluding carboxylic acids is 3. The highest BCUT2D eigenvalue weighted by Gasteiger charge is 2.43. The molecule has 0 aliphatic carbocycles. The molecular formula is C23H23F3N4O5. The van der Waals surface area contributed by atoms with E-state index < -0.39 is 29.7 Å². The second-order valence-corrected chi connectivity index (χ2v) is 8.45. The third-order valence-corrected chi connectivity index (χ3v) is 6.21. The lowest BCUT2D eigenvalue weighted by atomic mass is 10.1. The SMILES string of the molecule is Cn1c(=O)n([C@@H]2CCC(=O)NC2=O)c2cccc(C#CCOC3CCN(C(=O)C(F)(F)F)CC3)c21. The number of likely N-dealkylation sites (tertiary alicyclic amines) is 1. The van der Waals surface area contributed by atoms with Crippen LogP contribution in [0.1, 0.15) is 37.3 Å². The number of halogens is 3. The molecule has 0 spiro atoms. The molecule has 1 aromatic heterocycles. The summed E-state index contributed by atoms with van der Waals surface area (Å²) in [4.78, 5) is 48.8. The van der Waals surface area contributed by atoms with Crippen LogP contribution in [-0.4, -0.2) is 63.7 Å². The molecule has 2 saturated heterocycles. The third-order valence-electron chi connectivity index (χ3n) is 6.21. The normalized spacial score (nSPS) is 19.4. The monoisotopic (exact) mass is 492 g/mol. The first-order valence-corrected chi connectivity index (χ1v) is 11.1. The molecule has 4 rings (SSSR count). The standard InChI is InChI=1S/C23H23F3N4O5/c1-28-19-14(5-3-13-35-15-9-11-29(12-10-15)21(33)23(24,25)26)4-2-6-16(19)30(22(28)34)17-7-8-18(31)27-20(17)32/h2,4,6,15,17H,7-13H2,1H3,(H,27,31,32)/t17-/m1/s1. The van der Waals surface area contributed by atoms with Crippen LogP contribution in [0.5, 0.6) is 0 Å². The summed E-state index contributed by atoms with van der Waals surface area (Å²) in [5.74, 6) is 3.10. The molecule has 0 radical (unpaired) electrons. The van der Waals surface area contributed by atoms with Crippen molar-refractivity contribution in [1.82, 2.24) is 19.4 Å². The zero-order valence-electron chi connectivity index (χ0n) is 18.9. The van der Waals surface area contributed by atoms with Crippen LogP contribution >= 0.6 is 0 Å². The van der Waals surface area contributed by atoms with Gasteiger partial charge in [-0.3, -0.25) is 28.8 Å². The molecule has 3 amide bonds. The summed E-state index contributed by atoms with van der Waals surface area (Å²) >= 11 is 0. The molecular weight excluding hydrogens is 469 g/mol. The number of para-hydroxylation sites is 1. The van der Waals surface area contributed by atoms with Crippen LogP contribution in [-0.2, 0) is 26.2 Å². The van der Waals surface area contributed by atoms with E-state index in [-0.39, 0.29) is 57.4 Å². The van der Waals surface area contributed by atoms with Crippen LogP contribution in [0.3, 0.4) is 0 Å². The van der Waals surface area contributed by atoms with Crippen molar-refractivity contribution in [2.75, 3.05) is 19.7 Å². The van der Waals surface area contributed by atoms with Crippen LogP contribution in [0.4, 0.5) is 13.2 Å². The Labute approximate surface area is 197 Å². The van der Waals surface area contributed by atoms with Gasteiger partial charge in [-0.15, -0.1) is 0 Å². The van der Waals surface area contributed by atoms with Crippen LogP contribution in [0.25, 0.3) is 11.0 Å². The van der Waals surface area contributed by atoms with Crippen LogP contribution in [0.15, 0.2) is 23.0 Å². The summed E-state index contributed by atoms with van der Waals surface area (Å²) in [6.45, 7) is -0.0481. The summed E-state index contributed by atoms with van der Waals surface area (Å²) in [6.07, 6.45) is -4.27. The molecule has 9 nitrogen and oxygen atoms in total. The van der Waals surface area contributed by atoms with E-state index in [0.717, 1.165) is 4.90 Å². The molecule has 1 N–H and O–H groups in total. The number of alkyl halides is 3. The predicted octanol–water partition coefficient (Wildman–Crippen LogP) is 1.24. The quantitative estimate of drug-likeness (QED) is 0.513. The second kappa shape index (κ2) is 9.58. The topological polar surface area (TPSA) is 103 Å². The lowest BCUT2D eigenvalue weighted by molar-refractivity contribution is -0.187. The number of fused-ring (bicyclic) bond motifs is 1. The van der Waals surface area contributed by atoms with Crippen LogP contribution in [0.2, 0.25) is 0 Å². The number of hydrogen-bond acceptors (Lipinski definition) is 5. The molecule has 0 unspecified atom stereocenters. The molecule has 0 saturated carbocycles. The van der Waals surface area contributed by atoms with Gasteiger partial charge in [-0.25, -0.2) is 4.79 Å². The fraction of sp³-hybridized carbons (Fsp3) is 0.478. The fourth-order valence-electron chi connectivity index (χ4n) is 4.46. The summed E-state index contributed by atoms with van der Waals surface area (Å²) in [6, 6.07) is 4.34. The van der Waals surface area contributed by atoms with Gasteiger partial charge in [0.25, 0.3) is 0 Å². The summed E-state index contributed by atoms with van der Waals surface area (Å²) < 4.78 is 46.1. The maximum Gasteiger partial charge on any atom is 0.471 e. The largest absolute Gasteiger partial charge is 0.471 e. The highest BCUT2D eigenvalue weighted by Crippen LogP contribution is 2.25. The Morgan fingerprint density at radius 2 is 1.89 bits per heavy atom. The van der Waals surface area contributed by atoms with Crippen molar-refractivity contribution in [1.29, 1.82) is 0 Å². The van der Waals surface area contributed by atoms with Gasteiger partial charge in [-0.1, -0.05) is 17.9 Å². The second-order valence-electron chi connectivity index (χ2n) is 8.45. The highest BCUT2D eigenvalue weighted by molar-refractivity contribution is 6.00. The highest BCUT2D eigenvalue weighted by atomic mass is 19.4. The summed E-state index contributed by atoms with van der Waals surface area (Å²) in [5.41, 5.74) is 1.19. The number of rotatable bonds is 3. The van der Waals surface area contributed by atoms with Crippen LogP contribution in [0, 0.1) is 11.8 Å². The van der Waals surface area contributed by atoms with Crippen molar-refractivity contribution in [3.63, 3.8) is 0 Å². The zero-order chi connectivity index (χ0) is 25.3. The first-order valence-electron chi connectivity index (χ1n) is 11.1. The van der Waals surface area contributed by atoms with Crippen molar-refractivity contribution >= 4 is 28.8 Å². The molecule has 35 heavy (non-hydrogen) atoms. The number of amides is 3. The number of imidazole rings is 1. The minimum Gasteiger partial charge on any atom is -0.365 e. The number of benzene rings is 1. The van der Waals surface area contributed by atoms with E-state index in [0.29, 0.717) is 16.6 Å². The number of ether oxygens (including phenoxy) is 1. The number of nitrogens with zero attached hydrogens (tertiary/aromatic N) is 3. The number of piperidine rings is 2. The summed E-state index contributed by atoms with van der Waals surface area (Å²) in [5, 5.41) is 2.26.